The molecule has 0 saturated carbocycles. The molecule has 0 fully saturated rings. The van der Waals surface area contributed by atoms with Gasteiger partial charge < -0.3 is 5.11 Å². The molecule has 0 amide bonds. The minimum Gasteiger partial charge on any atom is -0.481 e. The lowest BCUT2D eigenvalue weighted by atomic mass is 10.1. The number of hydrogen-bond acceptors (Lipinski definition) is 4. The van der Waals surface area contributed by atoms with Gasteiger partial charge in [0.25, 0.3) is 10.0 Å². The summed E-state index contributed by atoms with van der Waals surface area (Å²) in [5.41, 5.74) is 1.33. The van der Waals surface area contributed by atoms with Crippen molar-refractivity contribution in [3.05, 3.63) is 42.2 Å². The minimum atomic E-state index is -3.68. The van der Waals surface area contributed by atoms with Crippen molar-refractivity contribution in [2.24, 2.45) is 0 Å². The fraction of sp³-hybridized carbons (Fsp3) is 0.333. The van der Waals surface area contributed by atoms with Crippen molar-refractivity contribution in [1.82, 2.24) is 9.78 Å². The highest BCUT2D eigenvalue weighted by atomic mass is 32.2. The number of carboxylic acids is 1. The Bertz CT molecular complexity index is 784. The Kier molecular flexibility index (Phi) is 5.38. The van der Waals surface area contributed by atoms with E-state index >= 15 is 0 Å². The number of aromatic nitrogens is 2. The summed E-state index contributed by atoms with van der Waals surface area (Å²) in [6.07, 6.45) is 3.96. The van der Waals surface area contributed by atoms with Crippen molar-refractivity contribution in [2.45, 2.75) is 37.6 Å². The van der Waals surface area contributed by atoms with E-state index < -0.39 is 16.0 Å². The molecule has 8 heteroatoms. The quantitative estimate of drug-likeness (QED) is 0.768. The zero-order valence-corrected chi connectivity index (χ0v) is 13.6. The number of aryl methyl sites for hydroxylation is 2. The Morgan fingerprint density at radius 1 is 1.39 bits per heavy atom. The second-order valence-corrected chi connectivity index (χ2v) is 6.77. The number of carbonyl (C=O) groups is 1. The number of aliphatic carboxylic acids is 1. The van der Waals surface area contributed by atoms with Crippen LogP contribution in [0.2, 0.25) is 0 Å². The van der Waals surface area contributed by atoms with Gasteiger partial charge in [0, 0.05) is 24.8 Å². The molecule has 0 spiro atoms. The number of anilines is 1. The van der Waals surface area contributed by atoms with E-state index in [9.17, 15) is 13.2 Å². The Morgan fingerprint density at radius 2 is 2.17 bits per heavy atom. The van der Waals surface area contributed by atoms with Gasteiger partial charge in [-0.2, -0.15) is 5.10 Å². The molecule has 2 aromatic rings. The van der Waals surface area contributed by atoms with Crippen LogP contribution in [0.25, 0.3) is 0 Å². The molecule has 0 bridgehead atoms. The van der Waals surface area contributed by atoms with E-state index in [0.29, 0.717) is 25.1 Å². The lowest BCUT2D eigenvalue weighted by Crippen LogP contribution is -2.12. The first kappa shape index (κ1) is 17.0. The topological polar surface area (TPSA) is 101 Å². The maximum atomic E-state index is 12.3. The Balaban J connectivity index is 2.08. The Labute approximate surface area is 135 Å². The highest BCUT2D eigenvalue weighted by molar-refractivity contribution is 7.92. The van der Waals surface area contributed by atoms with E-state index in [1.807, 2.05) is 13.0 Å². The van der Waals surface area contributed by atoms with Gasteiger partial charge in [-0.25, -0.2) is 8.42 Å². The van der Waals surface area contributed by atoms with E-state index in [4.69, 9.17) is 5.11 Å². The number of sulfonamides is 1. The van der Waals surface area contributed by atoms with Gasteiger partial charge in [0.15, 0.2) is 0 Å². The summed E-state index contributed by atoms with van der Waals surface area (Å²) in [6, 6.07) is 6.95. The number of hydrogen-bond donors (Lipinski definition) is 2. The molecule has 7 nitrogen and oxygen atoms in total. The molecule has 1 aromatic heterocycles. The van der Waals surface area contributed by atoms with Crippen LogP contribution in [0.1, 0.15) is 25.3 Å². The van der Waals surface area contributed by atoms with Gasteiger partial charge in [-0.3, -0.25) is 14.2 Å². The van der Waals surface area contributed by atoms with Crippen LogP contribution < -0.4 is 4.72 Å². The third kappa shape index (κ3) is 4.82. The standard InChI is InChI=1S/C15H19N3O4S/c1-2-18-11-14(10-16-18)23(21,22)17-13-7-3-5-12(9-13)6-4-8-15(19)20/h3,5,7,9-11,17H,2,4,6,8H2,1H3,(H,19,20). The monoisotopic (exact) mass is 337 g/mol. The molecule has 0 aliphatic heterocycles. The van der Waals surface area contributed by atoms with Crippen molar-refractivity contribution >= 4 is 21.7 Å². The molecule has 2 rings (SSSR count). The summed E-state index contributed by atoms with van der Waals surface area (Å²) in [6.45, 7) is 2.46. The molecule has 0 atom stereocenters. The molecule has 0 unspecified atom stereocenters. The molecule has 124 valence electrons. The molecule has 2 N–H and O–H groups in total. The van der Waals surface area contributed by atoms with Crippen molar-refractivity contribution in [1.29, 1.82) is 0 Å². The molecular weight excluding hydrogens is 318 g/mol. The summed E-state index contributed by atoms with van der Waals surface area (Å²) in [4.78, 5) is 10.6. The van der Waals surface area contributed by atoms with Gasteiger partial charge in [-0.05, 0) is 37.5 Å². The molecule has 23 heavy (non-hydrogen) atoms. The fourth-order valence-corrected chi connectivity index (χ4v) is 3.11. The predicted octanol–water partition coefficient (Wildman–Crippen LogP) is 2.11. The van der Waals surface area contributed by atoms with E-state index in [0.717, 1.165) is 5.56 Å². The highest BCUT2D eigenvalue weighted by Crippen LogP contribution is 2.18. The number of carboxylic acid groups (broad SMARTS) is 1. The number of nitrogens with zero attached hydrogens (tertiary/aromatic N) is 2. The molecule has 1 heterocycles. The van der Waals surface area contributed by atoms with Gasteiger partial charge in [0.1, 0.15) is 4.90 Å². The molecule has 1 aromatic carbocycles. The average molecular weight is 337 g/mol. The lowest BCUT2D eigenvalue weighted by Gasteiger charge is -2.08. The normalized spacial score (nSPS) is 11.3. The summed E-state index contributed by atoms with van der Waals surface area (Å²) >= 11 is 0. The predicted molar refractivity (Wildman–Crippen MR) is 85.7 cm³/mol. The van der Waals surface area contributed by atoms with Crippen molar-refractivity contribution < 1.29 is 18.3 Å². The van der Waals surface area contributed by atoms with E-state index in [1.165, 1.54) is 17.1 Å². The summed E-state index contributed by atoms with van der Waals surface area (Å²) in [7, 11) is -3.68. The lowest BCUT2D eigenvalue weighted by molar-refractivity contribution is -0.137. The molecule has 0 aliphatic rings. The van der Waals surface area contributed by atoms with E-state index in [2.05, 4.69) is 9.82 Å². The third-order valence-electron chi connectivity index (χ3n) is 3.28. The van der Waals surface area contributed by atoms with Gasteiger partial charge in [0.2, 0.25) is 0 Å². The average Bonchev–Trinajstić information content (AvgIpc) is 2.96. The van der Waals surface area contributed by atoms with Crippen LogP contribution >= 0.6 is 0 Å². The largest absolute Gasteiger partial charge is 0.481 e. The molecule has 0 radical (unpaired) electrons. The Morgan fingerprint density at radius 3 is 2.83 bits per heavy atom. The molecular formula is C15H19N3O4S. The highest BCUT2D eigenvalue weighted by Gasteiger charge is 2.16. The zero-order valence-electron chi connectivity index (χ0n) is 12.8. The smallest absolute Gasteiger partial charge is 0.303 e. The van der Waals surface area contributed by atoms with Gasteiger partial charge in [-0.15, -0.1) is 0 Å². The number of nitrogens with one attached hydrogen (secondary N) is 1. The SMILES string of the molecule is CCn1cc(S(=O)(=O)Nc2cccc(CCCC(=O)O)c2)cn1. The van der Waals surface area contributed by atoms with Crippen LogP contribution in [0, 0.1) is 0 Å². The Hall–Kier alpha value is -2.35. The van der Waals surface area contributed by atoms with Gasteiger partial charge in [-0.1, -0.05) is 12.1 Å². The van der Waals surface area contributed by atoms with Crippen LogP contribution in [0.3, 0.4) is 0 Å². The molecule has 0 saturated heterocycles. The summed E-state index contributed by atoms with van der Waals surface area (Å²) < 4.78 is 28.7. The molecule has 0 aliphatic carbocycles. The third-order valence-corrected chi connectivity index (χ3v) is 4.61. The fourth-order valence-electron chi connectivity index (χ4n) is 2.10. The van der Waals surface area contributed by atoms with Crippen molar-refractivity contribution in [2.75, 3.05) is 4.72 Å². The van der Waals surface area contributed by atoms with Crippen LogP contribution in [-0.4, -0.2) is 29.3 Å². The van der Waals surface area contributed by atoms with E-state index in [1.54, 1.807) is 18.2 Å². The maximum absolute atomic E-state index is 12.3. The minimum absolute atomic E-state index is 0.0894. The number of benzene rings is 1. The summed E-state index contributed by atoms with van der Waals surface area (Å²) in [5, 5.41) is 12.6. The van der Waals surface area contributed by atoms with Crippen molar-refractivity contribution in [3.63, 3.8) is 0 Å². The first-order chi connectivity index (χ1) is 10.9. The van der Waals surface area contributed by atoms with Crippen molar-refractivity contribution in [3.8, 4) is 0 Å². The van der Waals surface area contributed by atoms with Gasteiger partial charge in [0.05, 0.1) is 6.20 Å². The first-order valence-electron chi connectivity index (χ1n) is 7.26. The summed E-state index contributed by atoms with van der Waals surface area (Å²) in [5.74, 6) is -0.838. The first-order valence-corrected chi connectivity index (χ1v) is 8.75. The van der Waals surface area contributed by atoms with Crippen LogP contribution in [0.15, 0.2) is 41.6 Å². The van der Waals surface area contributed by atoms with Crippen LogP contribution in [-0.2, 0) is 27.8 Å². The zero-order chi connectivity index (χ0) is 16.9. The van der Waals surface area contributed by atoms with Crippen LogP contribution in [0.4, 0.5) is 5.69 Å². The van der Waals surface area contributed by atoms with Gasteiger partial charge >= 0.3 is 5.97 Å². The van der Waals surface area contributed by atoms with E-state index in [-0.39, 0.29) is 11.3 Å². The number of rotatable bonds is 8. The second-order valence-electron chi connectivity index (χ2n) is 5.08. The maximum Gasteiger partial charge on any atom is 0.303 e. The van der Waals surface area contributed by atoms with Crippen LogP contribution in [0.5, 0.6) is 0 Å². The second kappa shape index (κ2) is 7.28.